The van der Waals surface area contributed by atoms with Crippen molar-refractivity contribution >= 4 is 28.5 Å². The van der Waals surface area contributed by atoms with Gasteiger partial charge in [0.05, 0.1) is 17.0 Å². The summed E-state index contributed by atoms with van der Waals surface area (Å²) in [6.45, 7) is 4.25. The second-order valence-corrected chi connectivity index (χ2v) is 6.26. The largest absolute Gasteiger partial charge is 0.479 e. The number of hydrogen-bond acceptors (Lipinski definition) is 5. The smallest absolute Gasteiger partial charge is 0.336 e. The highest BCUT2D eigenvalue weighted by Gasteiger charge is 2.33. The molecule has 124 valence electrons. The van der Waals surface area contributed by atoms with Crippen LogP contribution in [0.3, 0.4) is 0 Å². The van der Waals surface area contributed by atoms with E-state index in [0.717, 1.165) is 5.56 Å². The maximum absolute atomic E-state index is 12.2. The van der Waals surface area contributed by atoms with Crippen LogP contribution < -0.4 is 10.4 Å². The monoisotopic (exact) mass is 346 g/mol. The van der Waals surface area contributed by atoms with E-state index in [9.17, 15) is 9.59 Å². The number of halogens is 1. The molecule has 1 fully saturated rings. The molecular weight excluding hydrogens is 332 g/mol. The summed E-state index contributed by atoms with van der Waals surface area (Å²) < 4.78 is 10.8. The number of likely N-dealkylation sites (tertiary alicyclic amines) is 1. The highest BCUT2D eigenvalue weighted by Crippen LogP contribution is 2.32. The van der Waals surface area contributed by atoms with Gasteiger partial charge in [-0.15, -0.1) is 0 Å². The van der Waals surface area contributed by atoms with Crippen LogP contribution in [0.1, 0.15) is 12.5 Å². The standard InChI is InChI=1S/C17H15ClN2O4/c1-9-3-16(21)24-14-5-15(13(18)4-12(9)14)23-10(2)17(22)20-7-11(6-19)8-20/h3-5,10-11H,7-8H2,1-2H3. The van der Waals surface area contributed by atoms with E-state index in [-0.39, 0.29) is 17.6 Å². The first-order chi connectivity index (χ1) is 11.4. The molecule has 24 heavy (non-hydrogen) atoms. The number of carbonyl (C=O) groups excluding carboxylic acids is 1. The fourth-order valence-corrected chi connectivity index (χ4v) is 2.86. The van der Waals surface area contributed by atoms with Gasteiger partial charge in [0.25, 0.3) is 5.91 Å². The molecule has 2 aromatic rings. The zero-order valence-electron chi connectivity index (χ0n) is 13.2. The van der Waals surface area contributed by atoms with Crippen molar-refractivity contribution in [2.45, 2.75) is 20.0 Å². The molecule has 0 aliphatic carbocycles. The Morgan fingerprint density at radius 3 is 2.83 bits per heavy atom. The van der Waals surface area contributed by atoms with Crippen LogP contribution in [0.25, 0.3) is 11.0 Å². The molecule has 6 nitrogen and oxygen atoms in total. The lowest BCUT2D eigenvalue weighted by Gasteiger charge is -2.36. The van der Waals surface area contributed by atoms with Crippen molar-refractivity contribution in [2.24, 2.45) is 5.92 Å². The number of ether oxygens (including phenoxy) is 1. The molecule has 1 aromatic carbocycles. The van der Waals surface area contributed by atoms with Gasteiger partial charge in [-0.3, -0.25) is 4.79 Å². The van der Waals surface area contributed by atoms with E-state index in [1.807, 2.05) is 0 Å². The molecule has 1 amide bonds. The summed E-state index contributed by atoms with van der Waals surface area (Å²) in [5, 5.41) is 9.81. The summed E-state index contributed by atoms with van der Waals surface area (Å²) in [6.07, 6.45) is -0.754. The molecule has 0 N–H and O–H groups in total. The van der Waals surface area contributed by atoms with Crippen LogP contribution in [-0.4, -0.2) is 30.0 Å². The Hall–Kier alpha value is -2.52. The number of nitriles is 1. The lowest BCUT2D eigenvalue weighted by molar-refractivity contribution is -0.143. The Morgan fingerprint density at radius 1 is 1.46 bits per heavy atom. The molecule has 1 unspecified atom stereocenters. The summed E-state index contributed by atoms with van der Waals surface area (Å²) in [7, 11) is 0. The Balaban J connectivity index is 1.82. The van der Waals surface area contributed by atoms with Gasteiger partial charge >= 0.3 is 5.63 Å². The number of aryl methyl sites for hydroxylation is 1. The van der Waals surface area contributed by atoms with Crippen molar-refractivity contribution in [3.8, 4) is 11.8 Å². The number of carbonyl (C=O) groups is 1. The van der Waals surface area contributed by atoms with Gasteiger partial charge in [-0.1, -0.05) is 11.6 Å². The van der Waals surface area contributed by atoms with Gasteiger partial charge in [-0.2, -0.15) is 5.26 Å². The SMILES string of the molecule is Cc1cc(=O)oc2cc(OC(C)C(=O)N3CC(C#N)C3)c(Cl)cc12. The van der Waals surface area contributed by atoms with E-state index in [0.29, 0.717) is 29.1 Å². The minimum atomic E-state index is -0.754. The maximum atomic E-state index is 12.2. The Labute approximate surface area is 143 Å². The Bertz CT molecular complexity index is 909. The van der Waals surface area contributed by atoms with Crippen molar-refractivity contribution in [1.29, 1.82) is 5.26 Å². The van der Waals surface area contributed by atoms with Crippen LogP contribution in [0.15, 0.2) is 27.4 Å². The quantitative estimate of drug-likeness (QED) is 0.797. The van der Waals surface area contributed by atoms with Gasteiger partial charge in [0, 0.05) is 30.6 Å². The average molecular weight is 347 g/mol. The first-order valence-electron chi connectivity index (χ1n) is 7.48. The van der Waals surface area contributed by atoms with Crippen molar-refractivity contribution in [3.63, 3.8) is 0 Å². The lowest BCUT2D eigenvalue weighted by atomic mass is 10.0. The van der Waals surface area contributed by atoms with Gasteiger partial charge in [-0.05, 0) is 25.5 Å². The van der Waals surface area contributed by atoms with Gasteiger partial charge < -0.3 is 14.1 Å². The normalized spacial score (nSPS) is 15.7. The Kier molecular flexibility index (Phi) is 4.20. The molecule has 3 rings (SSSR count). The minimum Gasteiger partial charge on any atom is -0.479 e. The van der Waals surface area contributed by atoms with E-state index >= 15 is 0 Å². The lowest BCUT2D eigenvalue weighted by Crippen LogP contribution is -2.53. The minimum absolute atomic E-state index is 0.109. The molecule has 1 saturated heterocycles. The van der Waals surface area contributed by atoms with Crippen LogP contribution in [0.2, 0.25) is 5.02 Å². The molecule has 1 atom stereocenters. The number of nitrogens with zero attached hydrogens (tertiary/aromatic N) is 2. The third-order valence-corrected chi connectivity index (χ3v) is 4.33. The summed E-state index contributed by atoms with van der Waals surface area (Å²) in [4.78, 5) is 25.3. The van der Waals surface area contributed by atoms with Gasteiger partial charge in [0.1, 0.15) is 11.3 Å². The molecule has 1 aliphatic rings. The van der Waals surface area contributed by atoms with Gasteiger partial charge in [0.15, 0.2) is 6.10 Å². The number of fused-ring (bicyclic) bond motifs is 1. The van der Waals surface area contributed by atoms with E-state index < -0.39 is 11.7 Å². The van der Waals surface area contributed by atoms with Crippen molar-refractivity contribution in [1.82, 2.24) is 4.90 Å². The molecule has 0 saturated carbocycles. The first-order valence-corrected chi connectivity index (χ1v) is 7.86. The highest BCUT2D eigenvalue weighted by atomic mass is 35.5. The number of hydrogen-bond donors (Lipinski definition) is 0. The molecule has 2 heterocycles. The summed E-state index contributed by atoms with van der Waals surface area (Å²) in [6, 6.07) is 6.67. The third-order valence-electron chi connectivity index (χ3n) is 4.03. The van der Waals surface area contributed by atoms with E-state index in [1.54, 1.807) is 24.8 Å². The van der Waals surface area contributed by atoms with Crippen LogP contribution >= 0.6 is 11.6 Å². The first kappa shape index (κ1) is 16.3. The molecule has 1 aromatic heterocycles. The van der Waals surface area contributed by atoms with E-state index in [1.165, 1.54) is 12.1 Å². The van der Waals surface area contributed by atoms with Crippen LogP contribution in [0.5, 0.6) is 5.75 Å². The Morgan fingerprint density at radius 2 is 2.17 bits per heavy atom. The zero-order chi connectivity index (χ0) is 17.4. The summed E-state index contributed by atoms with van der Waals surface area (Å²) >= 11 is 6.22. The molecular formula is C17H15ClN2O4. The van der Waals surface area contributed by atoms with E-state index in [4.69, 9.17) is 26.0 Å². The second-order valence-electron chi connectivity index (χ2n) is 5.86. The molecule has 1 aliphatic heterocycles. The number of rotatable bonds is 3. The molecule has 7 heteroatoms. The predicted octanol–water partition coefficient (Wildman–Crippen LogP) is 2.50. The van der Waals surface area contributed by atoms with Crippen molar-refractivity contribution in [3.05, 3.63) is 39.2 Å². The van der Waals surface area contributed by atoms with Crippen molar-refractivity contribution in [2.75, 3.05) is 13.1 Å². The topological polar surface area (TPSA) is 83.5 Å². The van der Waals surface area contributed by atoms with Crippen LogP contribution in [0.4, 0.5) is 0 Å². The molecule has 0 spiro atoms. The van der Waals surface area contributed by atoms with Gasteiger partial charge in [-0.25, -0.2) is 4.79 Å². The fraction of sp³-hybridized carbons (Fsp3) is 0.353. The second kappa shape index (κ2) is 6.17. The average Bonchev–Trinajstić information content (AvgIpc) is 2.47. The summed E-state index contributed by atoms with van der Waals surface area (Å²) in [5.41, 5.74) is 0.648. The predicted molar refractivity (Wildman–Crippen MR) is 88.0 cm³/mol. The number of benzene rings is 1. The number of amides is 1. The summed E-state index contributed by atoms with van der Waals surface area (Å²) in [5.74, 6) is -0.0397. The van der Waals surface area contributed by atoms with Gasteiger partial charge in [0.2, 0.25) is 0 Å². The molecule has 0 radical (unpaired) electrons. The van der Waals surface area contributed by atoms with E-state index in [2.05, 4.69) is 6.07 Å². The third kappa shape index (κ3) is 2.95. The van der Waals surface area contributed by atoms with Crippen molar-refractivity contribution < 1.29 is 13.9 Å². The maximum Gasteiger partial charge on any atom is 0.336 e. The van der Waals surface area contributed by atoms with Crippen LogP contribution in [-0.2, 0) is 4.79 Å². The fourth-order valence-electron chi connectivity index (χ4n) is 2.65. The zero-order valence-corrected chi connectivity index (χ0v) is 14.0. The highest BCUT2D eigenvalue weighted by molar-refractivity contribution is 6.32. The van der Waals surface area contributed by atoms with Crippen LogP contribution in [0, 0.1) is 24.2 Å². The molecule has 0 bridgehead atoms.